The number of fused-ring (bicyclic) bond motifs is 1. The van der Waals surface area contributed by atoms with Crippen molar-refractivity contribution in [2.45, 2.75) is 26.0 Å². The lowest BCUT2D eigenvalue weighted by molar-refractivity contribution is -0.117. The average Bonchev–Trinajstić information content (AvgIpc) is 3.25. The number of nitrogens with zero attached hydrogens (tertiary/aromatic N) is 4. The second-order valence-electron chi connectivity index (χ2n) is 6.99. The molecular formula is C21H20FN5O2. The van der Waals surface area contributed by atoms with Gasteiger partial charge in [0.25, 0.3) is 0 Å². The minimum Gasteiger partial charge on any atom is -0.392 e. The van der Waals surface area contributed by atoms with Gasteiger partial charge in [-0.1, -0.05) is 0 Å². The van der Waals surface area contributed by atoms with Crippen LogP contribution in [-0.2, 0) is 17.8 Å². The van der Waals surface area contributed by atoms with Gasteiger partial charge in [-0.3, -0.25) is 4.79 Å². The minimum atomic E-state index is -0.577. The van der Waals surface area contributed by atoms with Crippen molar-refractivity contribution in [2.75, 3.05) is 0 Å². The lowest BCUT2D eigenvalue weighted by atomic mass is 10.1. The highest BCUT2D eigenvalue weighted by atomic mass is 19.1. The van der Waals surface area contributed by atoms with E-state index < -0.39 is 12.0 Å². The summed E-state index contributed by atoms with van der Waals surface area (Å²) in [6, 6.07) is 9.85. The molecule has 1 aromatic carbocycles. The van der Waals surface area contributed by atoms with E-state index in [1.54, 1.807) is 31.6 Å². The molecule has 0 radical (unpaired) electrons. The lowest BCUT2D eigenvalue weighted by Crippen LogP contribution is -2.15. The van der Waals surface area contributed by atoms with Crippen molar-refractivity contribution in [1.29, 1.82) is 0 Å². The number of amides is 1. The summed E-state index contributed by atoms with van der Waals surface area (Å²) in [6.07, 6.45) is 4.64. The Labute approximate surface area is 166 Å². The normalized spacial score (nSPS) is 12.4. The standard InChI is InChI=1S/C21H20FN5O2/c1-13(28)10-26-12-25-20(14-2-5-16(22)6-3-14)21(26)15-4-7-19-24-9-17(8-18(23)29)27(19)11-15/h2-7,9,11-13,28H,8,10H2,1H3,(H2,23,29)/t13-/m0/s1. The van der Waals surface area contributed by atoms with Crippen LogP contribution in [0, 0.1) is 5.82 Å². The second kappa shape index (κ2) is 7.48. The van der Waals surface area contributed by atoms with Gasteiger partial charge in [0.15, 0.2) is 0 Å². The number of pyridine rings is 1. The molecule has 0 spiro atoms. The smallest absolute Gasteiger partial charge is 0.223 e. The molecule has 4 aromatic rings. The number of imidazole rings is 2. The van der Waals surface area contributed by atoms with Crippen LogP contribution in [0.1, 0.15) is 12.6 Å². The van der Waals surface area contributed by atoms with Gasteiger partial charge < -0.3 is 19.8 Å². The first-order valence-electron chi connectivity index (χ1n) is 9.16. The molecule has 0 bridgehead atoms. The quantitative estimate of drug-likeness (QED) is 0.526. The summed E-state index contributed by atoms with van der Waals surface area (Å²) in [6.45, 7) is 2.05. The average molecular weight is 393 g/mol. The van der Waals surface area contributed by atoms with Crippen LogP contribution in [0.5, 0.6) is 0 Å². The molecule has 4 rings (SSSR count). The molecule has 0 aliphatic carbocycles. The van der Waals surface area contributed by atoms with E-state index in [0.717, 1.165) is 16.8 Å². The fraction of sp³-hybridized carbons (Fsp3) is 0.190. The number of rotatable bonds is 6. The number of carbonyl (C=O) groups excluding carboxylic acids is 1. The largest absolute Gasteiger partial charge is 0.392 e. The van der Waals surface area contributed by atoms with E-state index in [0.29, 0.717) is 23.6 Å². The molecule has 7 nitrogen and oxygen atoms in total. The van der Waals surface area contributed by atoms with E-state index in [2.05, 4.69) is 9.97 Å². The number of nitrogens with two attached hydrogens (primary N) is 1. The molecule has 3 aromatic heterocycles. The first-order chi connectivity index (χ1) is 13.9. The summed E-state index contributed by atoms with van der Waals surface area (Å²) >= 11 is 0. The molecule has 0 saturated carbocycles. The van der Waals surface area contributed by atoms with Crippen LogP contribution in [0.15, 0.2) is 55.1 Å². The second-order valence-corrected chi connectivity index (χ2v) is 6.99. The van der Waals surface area contributed by atoms with Crippen LogP contribution in [0.4, 0.5) is 4.39 Å². The zero-order valence-corrected chi connectivity index (χ0v) is 15.8. The van der Waals surface area contributed by atoms with E-state index >= 15 is 0 Å². The molecule has 148 valence electrons. The van der Waals surface area contributed by atoms with Crippen molar-refractivity contribution in [3.8, 4) is 22.5 Å². The molecule has 0 unspecified atom stereocenters. The SMILES string of the molecule is C[C@H](O)Cn1cnc(-c2ccc(F)cc2)c1-c1ccc2ncc(CC(N)=O)n2c1. The number of aromatic nitrogens is 4. The maximum atomic E-state index is 13.4. The number of aliphatic hydroxyl groups is 1. The molecule has 0 fully saturated rings. The zero-order chi connectivity index (χ0) is 20.5. The topological polar surface area (TPSA) is 98.4 Å². The Morgan fingerprint density at radius 3 is 2.59 bits per heavy atom. The van der Waals surface area contributed by atoms with Crippen molar-refractivity contribution in [1.82, 2.24) is 18.9 Å². The van der Waals surface area contributed by atoms with E-state index in [4.69, 9.17) is 5.73 Å². The van der Waals surface area contributed by atoms with Crippen LogP contribution in [0.2, 0.25) is 0 Å². The van der Waals surface area contributed by atoms with Gasteiger partial charge >= 0.3 is 0 Å². The molecule has 0 saturated heterocycles. The van der Waals surface area contributed by atoms with Crippen molar-refractivity contribution in [2.24, 2.45) is 5.73 Å². The third kappa shape index (κ3) is 3.74. The molecule has 1 atom stereocenters. The summed E-state index contributed by atoms with van der Waals surface area (Å²) in [4.78, 5) is 20.2. The van der Waals surface area contributed by atoms with Crippen molar-refractivity contribution in [3.63, 3.8) is 0 Å². The number of carbonyl (C=O) groups is 1. The van der Waals surface area contributed by atoms with Crippen molar-refractivity contribution < 1.29 is 14.3 Å². The first-order valence-corrected chi connectivity index (χ1v) is 9.16. The molecule has 3 N–H and O–H groups in total. The van der Waals surface area contributed by atoms with E-state index in [1.807, 2.05) is 27.3 Å². The molecule has 3 heterocycles. The third-order valence-corrected chi connectivity index (χ3v) is 4.63. The number of hydrogen-bond donors (Lipinski definition) is 2. The van der Waals surface area contributed by atoms with Gasteiger partial charge in [0.2, 0.25) is 5.91 Å². The van der Waals surface area contributed by atoms with Crippen molar-refractivity contribution in [3.05, 3.63) is 66.6 Å². The Bertz CT molecular complexity index is 1180. The Hall–Kier alpha value is -3.52. The Kier molecular flexibility index (Phi) is 4.85. The highest BCUT2D eigenvalue weighted by molar-refractivity contribution is 5.79. The third-order valence-electron chi connectivity index (χ3n) is 4.63. The number of aliphatic hydroxyl groups excluding tert-OH is 1. The highest BCUT2D eigenvalue weighted by Crippen LogP contribution is 2.32. The predicted octanol–water partition coefficient (Wildman–Crippen LogP) is 2.41. The van der Waals surface area contributed by atoms with Gasteiger partial charge in [0.05, 0.1) is 35.9 Å². The van der Waals surface area contributed by atoms with Gasteiger partial charge in [-0.15, -0.1) is 0 Å². The van der Waals surface area contributed by atoms with Gasteiger partial charge in [0, 0.05) is 30.1 Å². The highest BCUT2D eigenvalue weighted by Gasteiger charge is 2.18. The molecule has 0 aliphatic heterocycles. The van der Waals surface area contributed by atoms with Crippen LogP contribution in [0.25, 0.3) is 28.2 Å². The molecule has 8 heteroatoms. The predicted molar refractivity (Wildman–Crippen MR) is 106 cm³/mol. The Morgan fingerprint density at radius 2 is 1.90 bits per heavy atom. The first kappa shape index (κ1) is 18.8. The zero-order valence-electron chi connectivity index (χ0n) is 15.8. The van der Waals surface area contributed by atoms with Crippen LogP contribution in [-0.4, -0.2) is 36.1 Å². The fourth-order valence-electron chi connectivity index (χ4n) is 3.41. The van der Waals surface area contributed by atoms with E-state index in [1.165, 1.54) is 12.1 Å². The van der Waals surface area contributed by atoms with E-state index in [-0.39, 0.29) is 12.2 Å². The number of primary amides is 1. The number of hydrogen-bond acceptors (Lipinski definition) is 4. The van der Waals surface area contributed by atoms with Gasteiger partial charge in [-0.2, -0.15) is 0 Å². The Balaban J connectivity index is 1.89. The molecule has 0 aliphatic rings. The van der Waals surface area contributed by atoms with Gasteiger partial charge in [0.1, 0.15) is 11.5 Å². The van der Waals surface area contributed by atoms with Crippen LogP contribution in [0.3, 0.4) is 0 Å². The maximum Gasteiger partial charge on any atom is 0.223 e. The monoisotopic (exact) mass is 393 g/mol. The van der Waals surface area contributed by atoms with Crippen LogP contribution < -0.4 is 5.73 Å². The number of halogens is 1. The van der Waals surface area contributed by atoms with Crippen LogP contribution >= 0.6 is 0 Å². The summed E-state index contributed by atoms with van der Waals surface area (Å²) < 4.78 is 17.1. The summed E-state index contributed by atoms with van der Waals surface area (Å²) in [5.41, 5.74) is 9.74. The van der Waals surface area contributed by atoms with Gasteiger partial charge in [-0.25, -0.2) is 14.4 Å². The minimum absolute atomic E-state index is 0.0718. The lowest BCUT2D eigenvalue weighted by Gasteiger charge is -2.13. The Morgan fingerprint density at radius 1 is 1.17 bits per heavy atom. The summed E-state index contributed by atoms with van der Waals surface area (Å²) in [5, 5.41) is 9.91. The molecule has 1 amide bonds. The maximum absolute atomic E-state index is 13.4. The molecule has 29 heavy (non-hydrogen) atoms. The summed E-state index contributed by atoms with van der Waals surface area (Å²) in [7, 11) is 0. The number of benzene rings is 1. The summed E-state index contributed by atoms with van der Waals surface area (Å²) in [5.74, 6) is -0.766. The van der Waals surface area contributed by atoms with Gasteiger partial charge in [-0.05, 0) is 43.3 Å². The fourth-order valence-corrected chi connectivity index (χ4v) is 3.41. The molecular weight excluding hydrogens is 373 g/mol. The van der Waals surface area contributed by atoms with Crippen molar-refractivity contribution >= 4 is 11.6 Å². The van der Waals surface area contributed by atoms with E-state index in [9.17, 15) is 14.3 Å².